The van der Waals surface area contributed by atoms with E-state index < -0.39 is 0 Å². The Morgan fingerprint density at radius 3 is 2.58 bits per heavy atom. The molecule has 1 atom stereocenters. The quantitative estimate of drug-likeness (QED) is 0.678. The second-order valence-corrected chi connectivity index (χ2v) is 5.55. The molecule has 12 heavy (non-hydrogen) atoms. The van der Waals surface area contributed by atoms with Crippen LogP contribution < -0.4 is 5.32 Å². The predicted molar refractivity (Wildman–Crippen MR) is 53.4 cm³/mol. The van der Waals surface area contributed by atoms with E-state index >= 15 is 0 Å². The molecule has 0 aromatic heterocycles. The molecule has 1 heterocycles. The van der Waals surface area contributed by atoms with E-state index in [1.807, 2.05) is 20.8 Å². The summed E-state index contributed by atoms with van der Waals surface area (Å²) in [5, 5.41) is 3.21. The molecule has 1 saturated heterocycles. The Morgan fingerprint density at radius 2 is 2.17 bits per heavy atom. The summed E-state index contributed by atoms with van der Waals surface area (Å²) < 4.78 is 0. The van der Waals surface area contributed by atoms with Crippen LogP contribution in [0, 0.1) is 0 Å². The maximum Gasteiger partial charge on any atom is 0.233 e. The lowest BCUT2D eigenvalue weighted by Crippen LogP contribution is -2.44. The van der Waals surface area contributed by atoms with Gasteiger partial charge in [-0.15, -0.1) is 11.8 Å². The van der Waals surface area contributed by atoms with Crippen LogP contribution in [0.5, 0.6) is 0 Å². The van der Waals surface area contributed by atoms with Crippen LogP contribution in [0.4, 0.5) is 0 Å². The van der Waals surface area contributed by atoms with Gasteiger partial charge in [-0.05, 0) is 39.4 Å². The Hall–Kier alpha value is -0.180. The fourth-order valence-corrected chi connectivity index (χ4v) is 2.40. The molecule has 0 radical (unpaired) electrons. The molecule has 1 aliphatic rings. The first-order chi connectivity index (χ1) is 5.49. The van der Waals surface area contributed by atoms with Crippen LogP contribution in [0.2, 0.25) is 0 Å². The molecule has 1 amide bonds. The van der Waals surface area contributed by atoms with Gasteiger partial charge in [0.05, 0.1) is 5.25 Å². The molecular weight excluding hydrogens is 170 g/mol. The lowest BCUT2D eigenvalue weighted by atomic mass is 10.1. The highest BCUT2D eigenvalue weighted by molar-refractivity contribution is 8.00. The molecule has 0 bridgehead atoms. The van der Waals surface area contributed by atoms with Gasteiger partial charge in [-0.2, -0.15) is 0 Å². The molecule has 2 nitrogen and oxygen atoms in total. The fraction of sp³-hybridized carbons (Fsp3) is 0.889. The molecule has 1 fully saturated rings. The Labute approximate surface area is 78.5 Å². The van der Waals surface area contributed by atoms with Gasteiger partial charge in [0.15, 0.2) is 0 Å². The molecule has 70 valence electrons. The number of amides is 1. The Balaban J connectivity index is 2.37. The maximum atomic E-state index is 11.5. The maximum absolute atomic E-state index is 11.5. The highest BCUT2D eigenvalue weighted by Gasteiger charge is 2.25. The molecule has 0 aromatic carbocycles. The van der Waals surface area contributed by atoms with E-state index in [1.54, 1.807) is 11.8 Å². The van der Waals surface area contributed by atoms with Crippen molar-refractivity contribution in [1.29, 1.82) is 0 Å². The van der Waals surface area contributed by atoms with Gasteiger partial charge < -0.3 is 5.32 Å². The van der Waals surface area contributed by atoms with Crippen molar-refractivity contribution in [2.45, 2.75) is 44.4 Å². The molecule has 1 rings (SSSR count). The number of rotatable bonds is 1. The standard InChI is InChI=1S/C9H17NOS/c1-9(2,3)10-8(11)7-5-4-6-12-7/h7H,4-6H2,1-3H3,(H,10,11). The van der Waals surface area contributed by atoms with Crippen molar-refractivity contribution >= 4 is 17.7 Å². The number of carbonyl (C=O) groups excluding carboxylic acids is 1. The number of hydrogen-bond acceptors (Lipinski definition) is 2. The van der Waals surface area contributed by atoms with E-state index in [2.05, 4.69) is 5.32 Å². The largest absolute Gasteiger partial charge is 0.351 e. The highest BCUT2D eigenvalue weighted by Crippen LogP contribution is 2.26. The lowest BCUT2D eigenvalue weighted by Gasteiger charge is -2.22. The van der Waals surface area contributed by atoms with Crippen molar-refractivity contribution in [3.63, 3.8) is 0 Å². The summed E-state index contributed by atoms with van der Waals surface area (Å²) in [5.74, 6) is 1.35. The average Bonchev–Trinajstić information content (AvgIpc) is 2.32. The highest BCUT2D eigenvalue weighted by atomic mass is 32.2. The van der Waals surface area contributed by atoms with Gasteiger partial charge in [0.2, 0.25) is 5.91 Å². The summed E-state index contributed by atoms with van der Waals surface area (Å²) >= 11 is 1.78. The number of carbonyl (C=O) groups is 1. The second kappa shape index (κ2) is 3.69. The van der Waals surface area contributed by atoms with Crippen LogP contribution in [0.15, 0.2) is 0 Å². The zero-order valence-electron chi connectivity index (χ0n) is 8.02. The molecule has 0 aromatic rings. The van der Waals surface area contributed by atoms with Crippen LogP contribution in [-0.4, -0.2) is 22.4 Å². The van der Waals surface area contributed by atoms with Crippen molar-refractivity contribution in [2.75, 3.05) is 5.75 Å². The van der Waals surface area contributed by atoms with E-state index in [9.17, 15) is 4.79 Å². The monoisotopic (exact) mass is 187 g/mol. The number of hydrogen-bond donors (Lipinski definition) is 1. The van der Waals surface area contributed by atoms with Gasteiger partial charge in [-0.3, -0.25) is 4.79 Å². The molecule has 3 heteroatoms. The zero-order valence-corrected chi connectivity index (χ0v) is 8.83. The first-order valence-electron chi connectivity index (χ1n) is 4.43. The lowest BCUT2D eigenvalue weighted by molar-refractivity contribution is -0.121. The van der Waals surface area contributed by atoms with Gasteiger partial charge >= 0.3 is 0 Å². The van der Waals surface area contributed by atoms with E-state index in [0.717, 1.165) is 12.2 Å². The third kappa shape index (κ3) is 3.05. The third-order valence-corrected chi connectivity index (χ3v) is 3.10. The van der Waals surface area contributed by atoms with Gasteiger partial charge in [0, 0.05) is 5.54 Å². The van der Waals surface area contributed by atoms with E-state index in [-0.39, 0.29) is 16.7 Å². The van der Waals surface area contributed by atoms with E-state index in [1.165, 1.54) is 6.42 Å². The van der Waals surface area contributed by atoms with Crippen molar-refractivity contribution in [3.05, 3.63) is 0 Å². The Bertz CT molecular complexity index is 168. The van der Waals surface area contributed by atoms with Gasteiger partial charge in [-0.25, -0.2) is 0 Å². The second-order valence-electron chi connectivity index (χ2n) is 4.24. The molecule has 0 aliphatic carbocycles. The van der Waals surface area contributed by atoms with Crippen LogP contribution in [0.3, 0.4) is 0 Å². The predicted octanol–water partition coefficient (Wildman–Crippen LogP) is 1.80. The zero-order chi connectivity index (χ0) is 9.19. The summed E-state index contributed by atoms with van der Waals surface area (Å²) in [7, 11) is 0. The van der Waals surface area contributed by atoms with Gasteiger partial charge in [-0.1, -0.05) is 0 Å². The average molecular weight is 187 g/mol. The Morgan fingerprint density at radius 1 is 1.50 bits per heavy atom. The normalized spacial score (nSPS) is 24.1. The molecule has 1 aliphatic heterocycles. The smallest absolute Gasteiger partial charge is 0.233 e. The van der Waals surface area contributed by atoms with Gasteiger partial charge in [0.1, 0.15) is 0 Å². The summed E-state index contributed by atoms with van der Waals surface area (Å²) in [6, 6.07) is 0. The minimum atomic E-state index is -0.0831. The summed E-state index contributed by atoms with van der Waals surface area (Å²) in [6.07, 6.45) is 2.24. The first-order valence-corrected chi connectivity index (χ1v) is 5.47. The molecule has 0 saturated carbocycles. The van der Waals surface area contributed by atoms with Crippen LogP contribution in [0.25, 0.3) is 0 Å². The number of thioether (sulfide) groups is 1. The van der Waals surface area contributed by atoms with E-state index in [0.29, 0.717) is 0 Å². The van der Waals surface area contributed by atoms with Crippen LogP contribution in [-0.2, 0) is 4.79 Å². The Kier molecular flexibility index (Phi) is 3.04. The van der Waals surface area contributed by atoms with Crippen LogP contribution in [0.1, 0.15) is 33.6 Å². The van der Waals surface area contributed by atoms with Crippen molar-refractivity contribution in [3.8, 4) is 0 Å². The minimum Gasteiger partial charge on any atom is -0.351 e. The van der Waals surface area contributed by atoms with Crippen molar-refractivity contribution in [2.24, 2.45) is 0 Å². The molecule has 1 N–H and O–H groups in total. The number of nitrogens with one attached hydrogen (secondary N) is 1. The summed E-state index contributed by atoms with van der Waals surface area (Å²) in [5.41, 5.74) is -0.0831. The van der Waals surface area contributed by atoms with Gasteiger partial charge in [0.25, 0.3) is 0 Å². The summed E-state index contributed by atoms with van der Waals surface area (Å²) in [6.45, 7) is 6.06. The van der Waals surface area contributed by atoms with Crippen molar-refractivity contribution < 1.29 is 4.79 Å². The summed E-state index contributed by atoms with van der Waals surface area (Å²) in [4.78, 5) is 11.5. The van der Waals surface area contributed by atoms with Crippen LogP contribution >= 0.6 is 11.8 Å². The SMILES string of the molecule is CC(C)(C)NC(=O)C1CCCS1. The molecule has 1 unspecified atom stereocenters. The first kappa shape index (κ1) is 9.90. The third-order valence-electron chi connectivity index (χ3n) is 1.72. The molecule has 0 spiro atoms. The minimum absolute atomic E-state index is 0.0831. The van der Waals surface area contributed by atoms with Crippen molar-refractivity contribution in [1.82, 2.24) is 5.32 Å². The van der Waals surface area contributed by atoms with E-state index in [4.69, 9.17) is 0 Å². The fourth-order valence-electron chi connectivity index (χ4n) is 1.23. The topological polar surface area (TPSA) is 29.1 Å². The molecular formula is C9H17NOS.